The maximum atomic E-state index is 11.5. The second-order valence-corrected chi connectivity index (χ2v) is 8.82. The molecule has 3 N–H and O–H groups in total. The molecule has 33 heavy (non-hydrogen) atoms. The molecule has 0 saturated carbocycles. The molecule has 3 aromatic rings. The van der Waals surface area contributed by atoms with Crippen LogP contribution in [-0.4, -0.2) is 28.8 Å². The van der Waals surface area contributed by atoms with Gasteiger partial charge in [0.2, 0.25) is 0 Å². The molecule has 5 heteroatoms. The van der Waals surface area contributed by atoms with E-state index in [4.69, 9.17) is 0 Å². The number of carboxylic acids is 1. The summed E-state index contributed by atoms with van der Waals surface area (Å²) in [7, 11) is 0. The number of aliphatic hydroxyl groups is 1. The predicted molar refractivity (Wildman–Crippen MR) is 137 cm³/mol. The van der Waals surface area contributed by atoms with Gasteiger partial charge in [0.1, 0.15) is 0 Å². The number of benzene rings is 3. The molecule has 0 aromatic heterocycles. The number of carboxylic acid groups (broad SMARTS) is 1. The van der Waals surface area contributed by atoms with Crippen LogP contribution in [-0.2, 0) is 12.8 Å². The molecule has 0 heterocycles. The van der Waals surface area contributed by atoms with Gasteiger partial charge >= 0.3 is 5.97 Å². The molecule has 3 rings (SSSR count). The highest BCUT2D eigenvalue weighted by Crippen LogP contribution is 2.25. The fourth-order valence-electron chi connectivity index (χ4n) is 3.95. The summed E-state index contributed by atoms with van der Waals surface area (Å²) in [4.78, 5) is 11.5. The van der Waals surface area contributed by atoms with Crippen LogP contribution in [0.3, 0.4) is 0 Å². The first-order chi connectivity index (χ1) is 15.3. The van der Waals surface area contributed by atoms with Crippen molar-refractivity contribution < 1.29 is 15.0 Å². The van der Waals surface area contributed by atoms with E-state index in [-0.39, 0.29) is 18.4 Å². The number of rotatable bonds is 10. The van der Waals surface area contributed by atoms with Crippen LogP contribution in [0.1, 0.15) is 53.9 Å². The van der Waals surface area contributed by atoms with Crippen LogP contribution < -0.4 is 5.32 Å². The predicted octanol–water partition coefficient (Wildman–Crippen LogP) is 5.93. The molecule has 0 aliphatic rings. The van der Waals surface area contributed by atoms with Crippen LogP contribution >= 0.6 is 12.4 Å². The van der Waals surface area contributed by atoms with E-state index in [9.17, 15) is 15.0 Å². The SMILES string of the molecule is CC(C)Cc1cc(-c2ccc(CCN[C@@H](C)[C@@H](O)c3ccccc3)cc2)ccc1C(=O)O.Cl. The minimum absolute atomic E-state index is 0. The third-order valence-corrected chi connectivity index (χ3v) is 5.75. The lowest BCUT2D eigenvalue weighted by atomic mass is 9.93. The number of hydrogen-bond acceptors (Lipinski definition) is 3. The smallest absolute Gasteiger partial charge is 0.335 e. The maximum Gasteiger partial charge on any atom is 0.335 e. The van der Waals surface area contributed by atoms with Gasteiger partial charge in [-0.2, -0.15) is 0 Å². The Morgan fingerprint density at radius 3 is 2.15 bits per heavy atom. The van der Waals surface area contributed by atoms with Gasteiger partial charge in [-0.15, -0.1) is 12.4 Å². The van der Waals surface area contributed by atoms with Gasteiger partial charge in [-0.05, 0) is 66.1 Å². The average Bonchev–Trinajstić information content (AvgIpc) is 2.79. The molecule has 0 unspecified atom stereocenters. The van der Waals surface area contributed by atoms with E-state index in [1.54, 1.807) is 6.07 Å². The van der Waals surface area contributed by atoms with Crippen molar-refractivity contribution in [1.29, 1.82) is 0 Å². The van der Waals surface area contributed by atoms with E-state index in [0.717, 1.165) is 41.6 Å². The van der Waals surface area contributed by atoms with Crippen LogP contribution in [0.4, 0.5) is 0 Å². The first kappa shape index (κ1) is 26.6. The lowest BCUT2D eigenvalue weighted by Gasteiger charge is -2.20. The fourth-order valence-corrected chi connectivity index (χ4v) is 3.95. The van der Waals surface area contributed by atoms with Crippen LogP contribution in [0.2, 0.25) is 0 Å². The van der Waals surface area contributed by atoms with Crippen molar-refractivity contribution in [2.45, 2.75) is 45.8 Å². The first-order valence-corrected chi connectivity index (χ1v) is 11.3. The number of carbonyl (C=O) groups is 1. The molecule has 0 radical (unpaired) electrons. The van der Waals surface area contributed by atoms with Gasteiger partial charge in [0, 0.05) is 6.04 Å². The second-order valence-electron chi connectivity index (χ2n) is 8.82. The topological polar surface area (TPSA) is 69.6 Å². The highest BCUT2D eigenvalue weighted by atomic mass is 35.5. The molecule has 3 aromatic carbocycles. The van der Waals surface area contributed by atoms with Gasteiger partial charge in [-0.1, -0.05) is 80.6 Å². The zero-order valence-corrected chi connectivity index (χ0v) is 20.3. The van der Waals surface area contributed by atoms with E-state index in [1.807, 2.05) is 49.4 Å². The van der Waals surface area contributed by atoms with E-state index in [2.05, 4.69) is 43.4 Å². The van der Waals surface area contributed by atoms with Crippen molar-refractivity contribution in [3.8, 4) is 11.1 Å². The van der Waals surface area contributed by atoms with Gasteiger partial charge in [0.15, 0.2) is 0 Å². The Labute approximate surface area is 203 Å². The molecule has 0 spiro atoms. The molecule has 0 fully saturated rings. The van der Waals surface area contributed by atoms with Crippen LogP contribution in [0.5, 0.6) is 0 Å². The number of halogens is 1. The van der Waals surface area contributed by atoms with Gasteiger partial charge in [0.05, 0.1) is 11.7 Å². The van der Waals surface area contributed by atoms with E-state index in [0.29, 0.717) is 11.5 Å². The number of hydrogen-bond donors (Lipinski definition) is 3. The normalized spacial score (nSPS) is 12.8. The van der Waals surface area contributed by atoms with Gasteiger partial charge in [-0.25, -0.2) is 4.79 Å². The Kier molecular flexibility index (Phi) is 10.1. The summed E-state index contributed by atoms with van der Waals surface area (Å²) in [5.74, 6) is -0.484. The highest BCUT2D eigenvalue weighted by molar-refractivity contribution is 5.90. The molecule has 0 aliphatic heterocycles. The van der Waals surface area contributed by atoms with Crippen LogP contribution in [0, 0.1) is 5.92 Å². The summed E-state index contributed by atoms with van der Waals surface area (Å²) in [6.07, 6.45) is 1.07. The third kappa shape index (κ3) is 7.43. The quantitative estimate of drug-likeness (QED) is 0.346. The summed E-state index contributed by atoms with van der Waals surface area (Å²) < 4.78 is 0. The molecule has 2 atom stereocenters. The fraction of sp³-hybridized carbons (Fsp3) is 0.321. The molecule has 176 valence electrons. The summed E-state index contributed by atoms with van der Waals surface area (Å²) >= 11 is 0. The zero-order chi connectivity index (χ0) is 23.1. The molecule has 4 nitrogen and oxygen atoms in total. The number of aromatic carboxylic acids is 1. The maximum absolute atomic E-state index is 11.5. The van der Waals surface area contributed by atoms with Gasteiger partial charge in [0.25, 0.3) is 0 Å². The van der Waals surface area contributed by atoms with E-state index >= 15 is 0 Å². The van der Waals surface area contributed by atoms with Crippen LogP contribution in [0.15, 0.2) is 72.8 Å². The lowest BCUT2D eigenvalue weighted by molar-refractivity contribution is 0.0695. The first-order valence-electron chi connectivity index (χ1n) is 11.3. The second kappa shape index (κ2) is 12.5. The molecule has 0 amide bonds. The van der Waals surface area contributed by atoms with Crippen molar-refractivity contribution in [2.75, 3.05) is 6.54 Å². The standard InChI is InChI=1S/C28H33NO3.ClH/c1-19(2)17-25-18-24(13-14-26(25)28(31)32)22-11-9-21(10-12-22)15-16-29-20(3)27(30)23-7-5-4-6-8-23;/h4-14,18-20,27,29-30H,15-17H2,1-3H3,(H,31,32);1H/t20-,27+;/m0./s1. The zero-order valence-electron chi connectivity index (χ0n) is 19.5. The summed E-state index contributed by atoms with van der Waals surface area (Å²) in [5, 5.41) is 23.4. The molecular formula is C28H34ClNO3. The number of nitrogens with one attached hydrogen (secondary N) is 1. The Morgan fingerprint density at radius 2 is 1.55 bits per heavy atom. The van der Waals surface area contributed by atoms with Crippen molar-refractivity contribution >= 4 is 18.4 Å². The average molecular weight is 468 g/mol. The lowest BCUT2D eigenvalue weighted by Crippen LogP contribution is -2.33. The Morgan fingerprint density at radius 1 is 0.909 bits per heavy atom. The highest BCUT2D eigenvalue weighted by Gasteiger charge is 2.15. The minimum Gasteiger partial charge on any atom is -0.478 e. The Bertz CT molecular complexity index is 1020. The van der Waals surface area contributed by atoms with E-state index < -0.39 is 12.1 Å². The van der Waals surface area contributed by atoms with Crippen molar-refractivity contribution in [2.24, 2.45) is 5.92 Å². The summed E-state index contributed by atoms with van der Waals surface area (Å²) in [6, 6.07) is 23.7. The Balaban J connectivity index is 0.00000385. The molecule has 0 bridgehead atoms. The molecule has 0 aliphatic carbocycles. The summed E-state index contributed by atoms with van der Waals surface area (Å²) in [5.41, 5.74) is 5.52. The van der Waals surface area contributed by atoms with Crippen LogP contribution in [0.25, 0.3) is 11.1 Å². The summed E-state index contributed by atoms with van der Waals surface area (Å²) in [6.45, 7) is 6.97. The largest absolute Gasteiger partial charge is 0.478 e. The number of aliphatic hydroxyl groups excluding tert-OH is 1. The van der Waals surface area contributed by atoms with E-state index in [1.165, 1.54) is 5.56 Å². The minimum atomic E-state index is -0.873. The van der Waals surface area contributed by atoms with Crippen molar-refractivity contribution in [3.05, 3.63) is 95.1 Å². The van der Waals surface area contributed by atoms with Crippen molar-refractivity contribution in [1.82, 2.24) is 5.32 Å². The van der Waals surface area contributed by atoms with Crippen molar-refractivity contribution in [3.63, 3.8) is 0 Å². The van der Waals surface area contributed by atoms with Gasteiger partial charge in [-0.3, -0.25) is 0 Å². The monoisotopic (exact) mass is 467 g/mol. The Hall–Kier alpha value is -2.66. The third-order valence-electron chi connectivity index (χ3n) is 5.75. The van der Waals surface area contributed by atoms with Gasteiger partial charge < -0.3 is 15.5 Å². The molecular weight excluding hydrogens is 434 g/mol. The molecule has 0 saturated heterocycles.